The number of halogens is 3. The van der Waals surface area contributed by atoms with E-state index >= 15 is 0 Å². The molecule has 118 valence electrons. The Hall–Kier alpha value is -1.96. The first-order chi connectivity index (χ1) is 10.3. The van der Waals surface area contributed by atoms with Crippen molar-refractivity contribution in [3.63, 3.8) is 0 Å². The molecule has 2 rings (SSSR count). The van der Waals surface area contributed by atoms with Crippen molar-refractivity contribution < 1.29 is 17.9 Å². The fourth-order valence-electron chi connectivity index (χ4n) is 1.62. The molecule has 0 aliphatic heterocycles. The number of hydrogen-bond donors (Lipinski definition) is 0. The van der Waals surface area contributed by atoms with E-state index in [0.717, 1.165) is 12.1 Å². The normalized spacial score (nSPS) is 11.4. The second-order valence-electron chi connectivity index (χ2n) is 4.57. The van der Waals surface area contributed by atoms with Crippen LogP contribution in [0.3, 0.4) is 0 Å². The quantitative estimate of drug-likeness (QED) is 0.624. The molecule has 0 bridgehead atoms. The van der Waals surface area contributed by atoms with Gasteiger partial charge in [-0.3, -0.25) is 0 Å². The van der Waals surface area contributed by atoms with Crippen molar-refractivity contribution in [2.24, 2.45) is 0 Å². The molecule has 22 heavy (non-hydrogen) atoms. The average molecular weight is 329 g/mol. The SMILES string of the molecule is CSc1nc(Oc2cccc(C(F)(F)F)c2)cc(N(C)C)n1. The van der Waals surface area contributed by atoms with Crippen molar-refractivity contribution >= 4 is 17.6 Å². The lowest BCUT2D eigenvalue weighted by Crippen LogP contribution is -2.11. The maximum Gasteiger partial charge on any atom is 0.416 e. The summed E-state index contributed by atoms with van der Waals surface area (Å²) in [6.07, 6.45) is -2.60. The van der Waals surface area contributed by atoms with Crippen LogP contribution in [0, 0.1) is 0 Å². The largest absolute Gasteiger partial charge is 0.439 e. The molecule has 0 saturated heterocycles. The molecule has 1 heterocycles. The molecule has 4 nitrogen and oxygen atoms in total. The summed E-state index contributed by atoms with van der Waals surface area (Å²) >= 11 is 1.32. The zero-order valence-electron chi connectivity index (χ0n) is 12.2. The minimum Gasteiger partial charge on any atom is -0.439 e. The lowest BCUT2D eigenvalue weighted by molar-refractivity contribution is -0.137. The topological polar surface area (TPSA) is 38.2 Å². The summed E-state index contributed by atoms with van der Waals surface area (Å²) in [4.78, 5) is 10.2. The summed E-state index contributed by atoms with van der Waals surface area (Å²) in [6.45, 7) is 0. The Kier molecular flexibility index (Phi) is 4.80. The van der Waals surface area contributed by atoms with Crippen molar-refractivity contribution in [1.29, 1.82) is 0 Å². The maximum absolute atomic E-state index is 12.7. The molecular formula is C14H14F3N3OS. The van der Waals surface area contributed by atoms with Gasteiger partial charge in [-0.25, -0.2) is 4.98 Å². The monoisotopic (exact) mass is 329 g/mol. The van der Waals surface area contributed by atoms with Gasteiger partial charge in [-0.15, -0.1) is 0 Å². The molecule has 0 N–H and O–H groups in total. The Balaban J connectivity index is 2.32. The van der Waals surface area contributed by atoms with Crippen LogP contribution in [0.2, 0.25) is 0 Å². The van der Waals surface area contributed by atoms with E-state index in [-0.39, 0.29) is 11.6 Å². The molecular weight excluding hydrogens is 315 g/mol. The third kappa shape index (κ3) is 4.03. The van der Waals surface area contributed by atoms with Crippen LogP contribution in [0.5, 0.6) is 11.6 Å². The summed E-state index contributed by atoms with van der Waals surface area (Å²) in [5.74, 6) is 0.883. The van der Waals surface area contributed by atoms with Gasteiger partial charge < -0.3 is 9.64 Å². The molecule has 2 aromatic rings. The standard InChI is InChI=1S/C14H14F3N3OS/c1-20(2)11-8-12(19-13(18-11)22-3)21-10-6-4-5-9(7-10)14(15,16)17/h4-8H,1-3H3. The molecule has 0 aliphatic rings. The zero-order valence-corrected chi connectivity index (χ0v) is 13.0. The number of aromatic nitrogens is 2. The lowest BCUT2D eigenvalue weighted by atomic mass is 10.2. The number of alkyl halides is 3. The summed E-state index contributed by atoms with van der Waals surface area (Å²) in [7, 11) is 3.61. The van der Waals surface area contributed by atoms with Crippen molar-refractivity contribution in [3.05, 3.63) is 35.9 Å². The first-order valence-corrected chi connectivity index (χ1v) is 7.47. The number of thioether (sulfide) groups is 1. The molecule has 0 spiro atoms. The van der Waals surface area contributed by atoms with E-state index < -0.39 is 11.7 Å². The predicted molar refractivity (Wildman–Crippen MR) is 79.7 cm³/mol. The summed E-state index contributed by atoms with van der Waals surface area (Å²) in [5.41, 5.74) is -0.767. The van der Waals surface area contributed by atoms with Crippen LogP contribution in [-0.2, 0) is 6.18 Å². The third-order valence-electron chi connectivity index (χ3n) is 2.69. The van der Waals surface area contributed by atoms with Gasteiger partial charge in [-0.05, 0) is 24.5 Å². The highest BCUT2D eigenvalue weighted by molar-refractivity contribution is 7.98. The third-order valence-corrected chi connectivity index (χ3v) is 3.24. The Labute approximate surface area is 130 Å². The Morgan fingerprint density at radius 2 is 1.86 bits per heavy atom. The summed E-state index contributed by atoms with van der Waals surface area (Å²) in [6, 6.07) is 6.24. The molecule has 8 heteroatoms. The van der Waals surface area contributed by atoms with Gasteiger partial charge in [0.05, 0.1) is 5.56 Å². The van der Waals surface area contributed by atoms with Crippen LogP contribution in [-0.4, -0.2) is 30.3 Å². The molecule has 0 fully saturated rings. The van der Waals surface area contributed by atoms with E-state index in [1.165, 1.54) is 23.9 Å². The Morgan fingerprint density at radius 1 is 1.14 bits per heavy atom. The van der Waals surface area contributed by atoms with Gasteiger partial charge in [-0.1, -0.05) is 17.8 Å². The van der Waals surface area contributed by atoms with Gasteiger partial charge in [0.1, 0.15) is 11.6 Å². The fraction of sp³-hybridized carbons (Fsp3) is 0.286. The number of ether oxygens (including phenoxy) is 1. The second kappa shape index (κ2) is 6.43. The first-order valence-electron chi connectivity index (χ1n) is 6.25. The van der Waals surface area contributed by atoms with Gasteiger partial charge in [-0.2, -0.15) is 18.2 Å². The molecule has 1 aromatic carbocycles. The van der Waals surface area contributed by atoms with Crippen LogP contribution in [0.15, 0.2) is 35.5 Å². The highest BCUT2D eigenvalue weighted by Crippen LogP contribution is 2.33. The van der Waals surface area contributed by atoms with Crippen molar-refractivity contribution in [1.82, 2.24) is 9.97 Å². The maximum atomic E-state index is 12.7. The number of rotatable bonds is 4. The average Bonchev–Trinajstić information content (AvgIpc) is 2.46. The molecule has 0 amide bonds. The Morgan fingerprint density at radius 3 is 2.45 bits per heavy atom. The van der Waals surface area contributed by atoms with Crippen LogP contribution in [0.25, 0.3) is 0 Å². The number of nitrogens with zero attached hydrogens (tertiary/aromatic N) is 3. The highest BCUT2D eigenvalue weighted by Gasteiger charge is 2.30. The van der Waals surface area contributed by atoms with E-state index in [4.69, 9.17) is 4.74 Å². The van der Waals surface area contributed by atoms with Gasteiger partial charge >= 0.3 is 6.18 Å². The van der Waals surface area contributed by atoms with E-state index in [9.17, 15) is 13.2 Å². The van der Waals surface area contributed by atoms with Crippen LogP contribution < -0.4 is 9.64 Å². The van der Waals surface area contributed by atoms with Gasteiger partial charge in [0.2, 0.25) is 5.88 Å². The fourth-order valence-corrected chi connectivity index (χ4v) is 1.99. The second-order valence-corrected chi connectivity index (χ2v) is 5.35. The minimum atomic E-state index is -4.41. The molecule has 0 atom stereocenters. The van der Waals surface area contributed by atoms with E-state index in [1.54, 1.807) is 25.1 Å². The van der Waals surface area contributed by atoms with Crippen molar-refractivity contribution in [2.45, 2.75) is 11.3 Å². The van der Waals surface area contributed by atoms with Crippen LogP contribution >= 0.6 is 11.8 Å². The van der Waals surface area contributed by atoms with E-state index in [1.807, 2.05) is 6.26 Å². The van der Waals surface area contributed by atoms with Crippen molar-refractivity contribution in [3.8, 4) is 11.6 Å². The van der Waals surface area contributed by atoms with E-state index in [0.29, 0.717) is 11.0 Å². The van der Waals surface area contributed by atoms with Gasteiger partial charge in [0.15, 0.2) is 5.16 Å². The molecule has 0 unspecified atom stereocenters. The number of anilines is 1. The number of hydrogen-bond acceptors (Lipinski definition) is 5. The van der Waals surface area contributed by atoms with Gasteiger partial charge in [0, 0.05) is 20.2 Å². The summed E-state index contributed by atoms with van der Waals surface area (Å²) < 4.78 is 43.6. The Bertz CT molecular complexity index is 662. The van der Waals surface area contributed by atoms with Crippen molar-refractivity contribution in [2.75, 3.05) is 25.3 Å². The lowest BCUT2D eigenvalue weighted by Gasteiger charge is -2.14. The summed E-state index contributed by atoms with van der Waals surface area (Å²) in [5, 5.41) is 0.480. The van der Waals surface area contributed by atoms with Crippen LogP contribution in [0.1, 0.15) is 5.56 Å². The predicted octanol–water partition coefficient (Wildman–Crippen LogP) is 4.08. The molecule has 0 radical (unpaired) electrons. The van der Waals surface area contributed by atoms with Gasteiger partial charge in [0.25, 0.3) is 0 Å². The zero-order chi connectivity index (χ0) is 16.3. The first kappa shape index (κ1) is 16.4. The van der Waals surface area contributed by atoms with E-state index in [2.05, 4.69) is 9.97 Å². The highest BCUT2D eigenvalue weighted by atomic mass is 32.2. The molecule has 0 saturated carbocycles. The molecule has 1 aromatic heterocycles. The number of benzene rings is 1. The minimum absolute atomic E-state index is 0.0743. The van der Waals surface area contributed by atoms with Crippen LogP contribution in [0.4, 0.5) is 19.0 Å². The smallest absolute Gasteiger partial charge is 0.416 e. The molecule has 0 aliphatic carbocycles.